The second kappa shape index (κ2) is 9.72. The summed E-state index contributed by atoms with van der Waals surface area (Å²) >= 11 is 12.1. The first-order chi connectivity index (χ1) is 15.9. The summed E-state index contributed by atoms with van der Waals surface area (Å²) in [5.41, 5.74) is 0.349. The molecule has 0 aliphatic heterocycles. The van der Waals surface area contributed by atoms with Crippen molar-refractivity contribution in [3.05, 3.63) is 103 Å². The number of anilines is 1. The molecule has 0 saturated heterocycles. The highest BCUT2D eigenvalue weighted by Gasteiger charge is 2.08. The van der Waals surface area contributed by atoms with Crippen LogP contribution in [0.25, 0.3) is 10.9 Å². The van der Waals surface area contributed by atoms with E-state index >= 15 is 0 Å². The Bertz CT molecular complexity index is 1480. The Morgan fingerprint density at radius 2 is 1.82 bits per heavy atom. The molecule has 10 heteroatoms. The fourth-order valence-corrected chi connectivity index (χ4v) is 3.34. The van der Waals surface area contributed by atoms with Gasteiger partial charge in [0, 0.05) is 10.7 Å². The summed E-state index contributed by atoms with van der Waals surface area (Å²) in [6.07, 6.45) is 1.33. The SMILES string of the molecule is O=C(COc1ccc(C=Nn2c(=O)[nH]c3ccccc3c2=O)cc1Cl)Nc1ccc(Cl)cc1. The number of aromatic amines is 1. The summed E-state index contributed by atoms with van der Waals surface area (Å²) in [7, 11) is 0. The topological polar surface area (TPSA) is 106 Å². The molecular weight excluding hydrogens is 467 g/mol. The van der Waals surface area contributed by atoms with Gasteiger partial charge in [-0.05, 0) is 60.2 Å². The summed E-state index contributed by atoms with van der Waals surface area (Å²) in [4.78, 5) is 39.4. The van der Waals surface area contributed by atoms with Crippen LogP contribution in [0.5, 0.6) is 5.75 Å². The number of ether oxygens (including phenoxy) is 1. The van der Waals surface area contributed by atoms with Crippen molar-refractivity contribution in [2.75, 3.05) is 11.9 Å². The van der Waals surface area contributed by atoms with Crippen molar-refractivity contribution < 1.29 is 9.53 Å². The molecule has 0 bridgehead atoms. The zero-order chi connectivity index (χ0) is 23.4. The van der Waals surface area contributed by atoms with Gasteiger partial charge in [0.1, 0.15) is 5.75 Å². The van der Waals surface area contributed by atoms with Gasteiger partial charge in [-0.1, -0.05) is 35.3 Å². The van der Waals surface area contributed by atoms with E-state index in [0.29, 0.717) is 32.9 Å². The van der Waals surface area contributed by atoms with E-state index in [0.717, 1.165) is 4.68 Å². The van der Waals surface area contributed by atoms with E-state index < -0.39 is 11.2 Å². The molecule has 1 aromatic heterocycles. The first-order valence-electron chi connectivity index (χ1n) is 9.67. The number of aromatic nitrogens is 2. The second-order valence-corrected chi connectivity index (χ2v) is 7.71. The zero-order valence-corrected chi connectivity index (χ0v) is 18.4. The predicted octanol–water partition coefficient (Wildman–Crippen LogP) is 3.90. The maximum absolute atomic E-state index is 12.5. The Balaban J connectivity index is 1.44. The molecular formula is C23H16Cl2N4O4. The lowest BCUT2D eigenvalue weighted by Crippen LogP contribution is -2.32. The first-order valence-corrected chi connectivity index (χ1v) is 10.4. The van der Waals surface area contributed by atoms with E-state index in [1.165, 1.54) is 12.3 Å². The summed E-state index contributed by atoms with van der Waals surface area (Å²) in [5.74, 6) is -0.0743. The summed E-state index contributed by atoms with van der Waals surface area (Å²) in [6, 6.07) is 18.1. The number of para-hydroxylation sites is 1. The number of carbonyl (C=O) groups excluding carboxylic acids is 1. The highest BCUT2D eigenvalue weighted by Crippen LogP contribution is 2.25. The molecule has 8 nitrogen and oxygen atoms in total. The fourth-order valence-electron chi connectivity index (χ4n) is 2.97. The number of carbonyl (C=O) groups is 1. The number of H-pyrrole nitrogens is 1. The van der Waals surface area contributed by atoms with Crippen LogP contribution in [0.2, 0.25) is 10.0 Å². The Morgan fingerprint density at radius 1 is 1.06 bits per heavy atom. The van der Waals surface area contributed by atoms with Gasteiger partial charge in [-0.15, -0.1) is 4.68 Å². The molecule has 33 heavy (non-hydrogen) atoms. The van der Waals surface area contributed by atoms with Crippen molar-refractivity contribution in [1.29, 1.82) is 0 Å². The number of amides is 1. The maximum atomic E-state index is 12.5. The molecule has 0 aliphatic rings. The van der Waals surface area contributed by atoms with Crippen molar-refractivity contribution in [1.82, 2.24) is 9.66 Å². The normalized spacial score (nSPS) is 11.1. The van der Waals surface area contributed by atoms with Crippen molar-refractivity contribution in [3.8, 4) is 5.75 Å². The van der Waals surface area contributed by atoms with Crippen molar-refractivity contribution in [3.63, 3.8) is 0 Å². The van der Waals surface area contributed by atoms with E-state index in [1.807, 2.05) is 0 Å². The second-order valence-electron chi connectivity index (χ2n) is 6.87. The highest BCUT2D eigenvalue weighted by molar-refractivity contribution is 6.32. The van der Waals surface area contributed by atoms with Crippen molar-refractivity contribution >= 4 is 51.9 Å². The number of benzene rings is 3. The van der Waals surface area contributed by atoms with E-state index in [-0.39, 0.29) is 17.5 Å². The average Bonchev–Trinajstić information content (AvgIpc) is 2.80. The molecule has 0 saturated carbocycles. The van der Waals surface area contributed by atoms with Crippen LogP contribution in [0, 0.1) is 0 Å². The molecule has 0 radical (unpaired) electrons. The number of hydrogen-bond donors (Lipinski definition) is 2. The third-order valence-electron chi connectivity index (χ3n) is 4.55. The number of rotatable bonds is 6. The Hall–Kier alpha value is -3.88. The van der Waals surface area contributed by atoms with E-state index in [1.54, 1.807) is 60.7 Å². The standard InChI is InChI=1S/C23H16Cl2N4O4/c24-15-6-8-16(9-7-15)27-21(30)13-33-20-10-5-14(11-18(20)25)12-26-29-22(31)17-3-1-2-4-19(17)28-23(29)32/h1-12H,13H2,(H,27,30)(H,28,32). The van der Waals surface area contributed by atoms with Gasteiger partial charge in [-0.3, -0.25) is 9.59 Å². The van der Waals surface area contributed by atoms with Crippen LogP contribution in [-0.4, -0.2) is 28.4 Å². The smallest absolute Gasteiger partial charge is 0.349 e. The monoisotopic (exact) mass is 482 g/mol. The molecule has 1 amide bonds. The van der Waals surface area contributed by atoms with Crippen LogP contribution in [-0.2, 0) is 4.79 Å². The van der Waals surface area contributed by atoms with Crippen LogP contribution in [0.1, 0.15) is 5.56 Å². The fraction of sp³-hybridized carbons (Fsp3) is 0.0435. The molecule has 4 aromatic rings. The van der Waals surface area contributed by atoms with Gasteiger partial charge in [0.2, 0.25) is 0 Å². The van der Waals surface area contributed by atoms with Crippen LogP contribution in [0.15, 0.2) is 81.4 Å². The van der Waals surface area contributed by atoms with Gasteiger partial charge < -0.3 is 15.0 Å². The number of nitrogens with one attached hydrogen (secondary N) is 2. The average molecular weight is 483 g/mol. The molecule has 1 heterocycles. The van der Waals surface area contributed by atoms with Crippen molar-refractivity contribution in [2.45, 2.75) is 0 Å². The quantitative estimate of drug-likeness (QED) is 0.406. The summed E-state index contributed by atoms with van der Waals surface area (Å²) < 4.78 is 6.21. The number of hydrogen-bond acceptors (Lipinski definition) is 5. The number of fused-ring (bicyclic) bond motifs is 1. The Morgan fingerprint density at radius 3 is 2.58 bits per heavy atom. The Labute approximate surface area is 197 Å². The molecule has 2 N–H and O–H groups in total. The lowest BCUT2D eigenvalue weighted by molar-refractivity contribution is -0.118. The molecule has 0 atom stereocenters. The van der Waals surface area contributed by atoms with Gasteiger partial charge in [0.05, 0.1) is 22.1 Å². The maximum Gasteiger partial charge on any atom is 0.349 e. The van der Waals surface area contributed by atoms with Gasteiger partial charge >= 0.3 is 5.69 Å². The van der Waals surface area contributed by atoms with Gasteiger partial charge in [0.15, 0.2) is 6.61 Å². The van der Waals surface area contributed by atoms with Gasteiger partial charge in [-0.2, -0.15) is 5.10 Å². The van der Waals surface area contributed by atoms with Crippen LogP contribution in [0.4, 0.5) is 5.69 Å². The summed E-state index contributed by atoms with van der Waals surface area (Å²) in [5, 5.41) is 7.81. The lowest BCUT2D eigenvalue weighted by atomic mass is 10.2. The molecule has 0 fully saturated rings. The first kappa shape index (κ1) is 22.3. The molecule has 0 aliphatic carbocycles. The highest BCUT2D eigenvalue weighted by atomic mass is 35.5. The lowest BCUT2D eigenvalue weighted by Gasteiger charge is -2.09. The van der Waals surface area contributed by atoms with Crippen molar-refractivity contribution in [2.24, 2.45) is 5.10 Å². The minimum atomic E-state index is -0.660. The van der Waals surface area contributed by atoms with Gasteiger partial charge in [0.25, 0.3) is 11.5 Å². The Kier molecular flexibility index (Phi) is 6.58. The van der Waals surface area contributed by atoms with Crippen LogP contribution in [0.3, 0.4) is 0 Å². The number of halogens is 2. The largest absolute Gasteiger partial charge is 0.482 e. The molecule has 4 rings (SSSR count). The minimum Gasteiger partial charge on any atom is -0.482 e. The van der Waals surface area contributed by atoms with Crippen LogP contribution < -0.4 is 21.3 Å². The summed E-state index contributed by atoms with van der Waals surface area (Å²) in [6.45, 7) is -0.252. The molecule has 166 valence electrons. The minimum absolute atomic E-state index is 0.234. The molecule has 0 spiro atoms. The van der Waals surface area contributed by atoms with E-state index in [4.69, 9.17) is 27.9 Å². The third-order valence-corrected chi connectivity index (χ3v) is 5.10. The molecule has 0 unspecified atom stereocenters. The number of nitrogens with zero attached hydrogens (tertiary/aromatic N) is 2. The van der Waals surface area contributed by atoms with Crippen LogP contribution >= 0.6 is 23.2 Å². The van der Waals surface area contributed by atoms with E-state index in [2.05, 4.69) is 15.4 Å². The van der Waals surface area contributed by atoms with Gasteiger partial charge in [-0.25, -0.2) is 4.79 Å². The molecule has 3 aromatic carbocycles. The zero-order valence-electron chi connectivity index (χ0n) is 16.9. The predicted molar refractivity (Wildman–Crippen MR) is 129 cm³/mol. The van der Waals surface area contributed by atoms with E-state index in [9.17, 15) is 14.4 Å². The third kappa shape index (κ3) is 5.31.